The molecule has 1 aromatic heterocycles. The zero-order chi connectivity index (χ0) is 9.97. The van der Waals surface area contributed by atoms with E-state index in [1.165, 1.54) is 0 Å². The minimum absolute atomic E-state index is 0.444. The van der Waals surface area contributed by atoms with Gasteiger partial charge in [-0.15, -0.1) is 0 Å². The number of nitrogens with one attached hydrogen (secondary N) is 1. The summed E-state index contributed by atoms with van der Waals surface area (Å²) in [5.41, 5.74) is 0.897. The van der Waals surface area contributed by atoms with Crippen molar-refractivity contribution < 1.29 is 14.6 Å². The number of aliphatic hydroxyl groups excluding tert-OH is 1. The van der Waals surface area contributed by atoms with E-state index in [-0.39, 0.29) is 0 Å². The minimum atomic E-state index is -0.658. The van der Waals surface area contributed by atoms with E-state index in [2.05, 4.69) is 4.98 Å². The van der Waals surface area contributed by atoms with Crippen LogP contribution in [0.25, 0.3) is 10.9 Å². The number of benzene rings is 1. The van der Waals surface area contributed by atoms with Crippen LogP contribution in [0.2, 0.25) is 0 Å². The Bertz CT molecular complexity index is 461. The van der Waals surface area contributed by atoms with Gasteiger partial charge in [-0.1, -0.05) is 12.1 Å². The highest BCUT2D eigenvalue weighted by molar-refractivity contribution is 5.88. The Balaban J connectivity index is 2.38. The Morgan fingerprint density at radius 2 is 2.21 bits per heavy atom. The van der Waals surface area contributed by atoms with Crippen LogP contribution in [-0.2, 0) is 4.79 Å². The van der Waals surface area contributed by atoms with E-state index in [0.717, 1.165) is 10.9 Å². The molecule has 0 spiro atoms. The maximum absolute atomic E-state index is 10.8. The molecule has 0 saturated carbocycles. The first-order valence-electron chi connectivity index (χ1n) is 4.19. The lowest BCUT2D eigenvalue weighted by atomic mass is 10.2. The number of esters is 1. The standard InChI is InChI=1S/C10H9NO3/c12-6-10(13)14-9-5-11-8-4-2-1-3-7(8)9/h1-5,11-12H,6H2. The molecule has 0 atom stereocenters. The first kappa shape index (κ1) is 8.77. The van der Waals surface area contributed by atoms with E-state index in [9.17, 15) is 4.79 Å². The smallest absolute Gasteiger partial charge is 0.337 e. The van der Waals surface area contributed by atoms with Gasteiger partial charge in [0.15, 0.2) is 5.75 Å². The lowest BCUT2D eigenvalue weighted by molar-refractivity contribution is -0.137. The summed E-state index contributed by atoms with van der Waals surface area (Å²) < 4.78 is 4.90. The van der Waals surface area contributed by atoms with Crippen molar-refractivity contribution >= 4 is 16.9 Å². The summed E-state index contributed by atoms with van der Waals surface area (Å²) in [6.07, 6.45) is 1.60. The molecule has 2 aromatic rings. The van der Waals surface area contributed by atoms with Crippen LogP contribution in [-0.4, -0.2) is 22.7 Å². The number of carbonyl (C=O) groups excluding carboxylic acids is 1. The van der Waals surface area contributed by atoms with Crippen LogP contribution in [0.15, 0.2) is 30.5 Å². The number of carbonyl (C=O) groups is 1. The van der Waals surface area contributed by atoms with E-state index >= 15 is 0 Å². The Morgan fingerprint density at radius 3 is 3.00 bits per heavy atom. The van der Waals surface area contributed by atoms with Crippen molar-refractivity contribution in [3.05, 3.63) is 30.5 Å². The first-order valence-corrected chi connectivity index (χ1v) is 4.19. The molecule has 2 rings (SSSR count). The molecule has 0 saturated heterocycles. The van der Waals surface area contributed by atoms with Crippen molar-refractivity contribution in [2.75, 3.05) is 6.61 Å². The molecule has 1 heterocycles. The molecule has 0 bridgehead atoms. The zero-order valence-corrected chi connectivity index (χ0v) is 7.36. The van der Waals surface area contributed by atoms with Crippen molar-refractivity contribution in [1.82, 2.24) is 4.98 Å². The molecule has 0 aliphatic carbocycles. The highest BCUT2D eigenvalue weighted by Crippen LogP contribution is 2.24. The minimum Gasteiger partial charge on any atom is -0.423 e. The summed E-state index contributed by atoms with van der Waals surface area (Å²) in [6.45, 7) is -0.612. The normalized spacial score (nSPS) is 10.4. The maximum atomic E-state index is 10.8. The quantitative estimate of drug-likeness (QED) is 0.698. The maximum Gasteiger partial charge on any atom is 0.337 e. The summed E-state index contributed by atoms with van der Waals surface area (Å²) in [6, 6.07) is 7.46. The third kappa shape index (κ3) is 1.47. The van der Waals surface area contributed by atoms with E-state index in [1.54, 1.807) is 6.20 Å². The molecule has 1 aromatic carbocycles. The molecule has 4 heteroatoms. The second-order valence-electron chi connectivity index (χ2n) is 2.83. The number of fused-ring (bicyclic) bond motifs is 1. The largest absolute Gasteiger partial charge is 0.423 e. The molecule has 0 amide bonds. The van der Waals surface area contributed by atoms with Gasteiger partial charge < -0.3 is 14.8 Å². The molecular weight excluding hydrogens is 182 g/mol. The first-order chi connectivity index (χ1) is 6.81. The average molecular weight is 191 g/mol. The van der Waals surface area contributed by atoms with Gasteiger partial charge in [0.25, 0.3) is 0 Å². The van der Waals surface area contributed by atoms with Gasteiger partial charge in [0.2, 0.25) is 0 Å². The molecule has 72 valence electrons. The Morgan fingerprint density at radius 1 is 1.43 bits per heavy atom. The number of aromatic amines is 1. The number of ether oxygens (including phenoxy) is 1. The van der Waals surface area contributed by atoms with Crippen molar-refractivity contribution in [2.24, 2.45) is 0 Å². The van der Waals surface area contributed by atoms with E-state index in [0.29, 0.717) is 5.75 Å². The molecule has 0 aliphatic rings. The Labute approximate surface area is 80.1 Å². The van der Waals surface area contributed by atoms with Crippen molar-refractivity contribution in [1.29, 1.82) is 0 Å². The van der Waals surface area contributed by atoms with Gasteiger partial charge in [-0.3, -0.25) is 0 Å². The fourth-order valence-corrected chi connectivity index (χ4v) is 1.28. The molecule has 0 radical (unpaired) electrons. The second kappa shape index (κ2) is 3.51. The van der Waals surface area contributed by atoms with Gasteiger partial charge in [0.1, 0.15) is 6.61 Å². The van der Waals surface area contributed by atoms with E-state index in [1.807, 2.05) is 24.3 Å². The van der Waals surface area contributed by atoms with Gasteiger partial charge in [-0.2, -0.15) is 0 Å². The number of aliphatic hydroxyl groups is 1. The summed E-state index contributed by atoms with van der Waals surface area (Å²) in [5.74, 6) is -0.214. The van der Waals surface area contributed by atoms with Crippen molar-refractivity contribution in [3.8, 4) is 5.75 Å². The van der Waals surface area contributed by atoms with Gasteiger partial charge in [0.05, 0.1) is 0 Å². The number of aromatic nitrogens is 1. The van der Waals surface area contributed by atoms with Crippen molar-refractivity contribution in [3.63, 3.8) is 0 Å². The molecular formula is C10H9NO3. The lowest BCUT2D eigenvalue weighted by Crippen LogP contribution is -2.11. The van der Waals surface area contributed by atoms with Crippen molar-refractivity contribution in [2.45, 2.75) is 0 Å². The molecule has 4 nitrogen and oxygen atoms in total. The number of hydrogen-bond acceptors (Lipinski definition) is 3. The van der Waals surface area contributed by atoms with Crippen LogP contribution in [0.1, 0.15) is 0 Å². The van der Waals surface area contributed by atoms with Crippen LogP contribution in [0.3, 0.4) is 0 Å². The summed E-state index contributed by atoms with van der Waals surface area (Å²) in [5, 5.41) is 9.35. The molecule has 0 unspecified atom stereocenters. The average Bonchev–Trinajstić information content (AvgIpc) is 2.62. The fraction of sp³-hybridized carbons (Fsp3) is 0.100. The highest BCUT2D eigenvalue weighted by Gasteiger charge is 2.07. The summed E-state index contributed by atoms with van der Waals surface area (Å²) in [4.78, 5) is 13.8. The fourth-order valence-electron chi connectivity index (χ4n) is 1.28. The predicted molar refractivity (Wildman–Crippen MR) is 51.0 cm³/mol. The molecule has 14 heavy (non-hydrogen) atoms. The third-order valence-electron chi connectivity index (χ3n) is 1.90. The SMILES string of the molecule is O=C(CO)Oc1c[nH]c2ccccc12. The highest BCUT2D eigenvalue weighted by atomic mass is 16.5. The monoisotopic (exact) mass is 191 g/mol. The van der Waals surface area contributed by atoms with Crippen LogP contribution < -0.4 is 4.74 Å². The number of H-pyrrole nitrogens is 1. The summed E-state index contributed by atoms with van der Waals surface area (Å²) >= 11 is 0. The predicted octanol–water partition coefficient (Wildman–Crippen LogP) is 1.07. The van der Waals surface area contributed by atoms with Crippen LogP contribution in [0, 0.1) is 0 Å². The third-order valence-corrected chi connectivity index (χ3v) is 1.90. The summed E-state index contributed by atoms with van der Waals surface area (Å²) in [7, 11) is 0. The molecule has 2 N–H and O–H groups in total. The molecule has 0 fully saturated rings. The van der Waals surface area contributed by atoms with Gasteiger partial charge in [0, 0.05) is 17.1 Å². The Hall–Kier alpha value is -1.81. The topological polar surface area (TPSA) is 62.3 Å². The van der Waals surface area contributed by atoms with Gasteiger partial charge in [-0.25, -0.2) is 4.79 Å². The van der Waals surface area contributed by atoms with Gasteiger partial charge >= 0.3 is 5.97 Å². The van der Waals surface area contributed by atoms with Crippen LogP contribution in [0.5, 0.6) is 5.75 Å². The van der Waals surface area contributed by atoms with E-state index in [4.69, 9.17) is 9.84 Å². The second-order valence-corrected chi connectivity index (χ2v) is 2.83. The van der Waals surface area contributed by atoms with Gasteiger partial charge in [-0.05, 0) is 12.1 Å². The van der Waals surface area contributed by atoms with Crippen LogP contribution >= 0.6 is 0 Å². The number of hydrogen-bond donors (Lipinski definition) is 2. The lowest BCUT2D eigenvalue weighted by Gasteiger charge is -1.98. The molecule has 0 aliphatic heterocycles. The number of rotatable bonds is 2. The Kier molecular flexibility index (Phi) is 2.20. The van der Waals surface area contributed by atoms with E-state index < -0.39 is 12.6 Å². The zero-order valence-electron chi connectivity index (χ0n) is 7.36. The van der Waals surface area contributed by atoms with Crippen LogP contribution in [0.4, 0.5) is 0 Å². The number of para-hydroxylation sites is 1.